The molecule has 2 rings (SSSR count). The molecule has 0 amide bonds. The van der Waals surface area contributed by atoms with Crippen LogP contribution >= 0.6 is 23.5 Å². The zero-order chi connectivity index (χ0) is 19.5. The highest BCUT2D eigenvalue weighted by molar-refractivity contribution is 7.99. The minimum Gasteiger partial charge on any atom is -0.473 e. The lowest BCUT2D eigenvalue weighted by Gasteiger charge is -2.29. The Morgan fingerprint density at radius 3 is 2.54 bits per heavy atom. The van der Waals surface area contributed by atoms with E-state index in [4.69, 9.17) is 19.8 Å². The number of aliphatic carboxylic acids is 2. The van der Waals surface area contributed by atoms with Gasteiger partial charge in [-0.05, 0) is 38.1 Å². The molecule has 146 valence electrons. The molecule has 1 aliphatic heterocycles. The van der Waals surface area contributed by atoms with Gasteiger partial charge in [-0.2, -0.15) is 8.75 Å². The van der Waals surface area contributed by atoms with Crippen LogP contribution < -0.4 is 0 Å². The number of likely N-dealkylation sites (N-methyl/N-ethyl adjacent to an activating group) is 1. The van der Waals surface area contributed by atoms with E-state index in [1.54, 1.807) is 0 Å². The molecule has 0 radical (unpaired) electrons. The summed E-state index contributed by atoms with van der Waals surface area (Å²) < 4.78 is 9.02. The number of carbonyl (C=O) groups is 2. The molecular formula is C17H27N3O4S2. The van der Waals surface area contributed by atoms with E-state index in [-0.39, 0.29) is 0 Å². The Balaban J connectivity index is 0.000000487. The predicted octanol–water partition coefficient (Wildman–Crippen LogP) is 3.47. The summed E-state index contributed by atoms with van der Waals surface area (Å²) in [6, 6.07) is 0.635. The van der Waals surface area contributed by atoms with Gasteiger partial charge in [-0.1, -0.05) is 32.3 Å². The fraction of sp³-hybridized carbons (Fsp3) is 0.647. The van der Waals surface area contributed by atoms with Gasteiger partial charge in [0.05, 0.1) is 11.7 Å². The van der Waals surface area contributed by atoms with E-state index in [0.29, 0.717) is 6.04 Å². The van der Waals surface area contributed by atoms with Crippen LogP contribution in [-0.2, 0) is 9.59 Å². The third-order valence-corrected chi connectivity index (χ3v) is 5.75. The molecule has 1 atom stereocenters. The average molecular weight is 402 g/mol. The topological polar surface area (TPSA) is 104 Å². The lowest BCUT2D eigenvalue weighted by atomic mass is 10.0. The standard InChI is InChI=1S/C15H25N3S2.C2H2O4/c1-4-5-6-7-10-19-15-14(16-20-17-15)13-9-8-12(2)18(3)11-13;3-1(4)2(5)6/h9,12H,4-8,10-11H2,1-3H3;(H,3,4)(H,5,6). The predicted molar refractivity (Wildman–Crippen MR) is 105 cm³/mol. The SMILES string of the molecule is CCCCCCSc1nsnc1C1=CCC(C)N(C)C1.O=C(O)C(=O)O. The molecule has 0 aromatic carbocycles. The van der Waals surface area contributed by atoms with Crippen LogP contribution in [0.4, 0.5) is 0 Å². The van der Waals surface area contributed by atoms with Crippen LogP contribution in [0.25, 0.3) is 5.57 Å². The van der Waals surface area contributed by atoms with Crippen molar-refractivity contribution in [1.29, 1.82) is 0 Å². The highest BCUT2D eigenvalue weighted by atomic mass is 32.2. The fourth-order valence-electron chi connectivity index (χ4n) is 2.32. The largest absolute Gasteiger partial charge is 0.473 e. The van der Waals surface area contributed by atoms with Gasteiger partial charge in [-0.15, -0.1) is 11.8 Å². The Labute approximate surface area is 162 Å². The van der Waals surface area contributed by atoms with Gasteiger partial charge in [0.25, 0.3) is 0 Å². The van der Waals surface area contributed by atoms with Crippen molar-refractivity contribution >= 4 is 41.0 Å². The maximum Gasteiger partial charge on any atom is 0.414 e. The number of hydrogen-bond donors (Lipinski definition) is 2. The number of carboxylic acids is 2. The van der Waals surface area contributed by atoms with E-state index in [2.05, 4.69) is 40.6 Å². The highest BCUT2D eigenvalue weighted by Crippen LogP contribution is 2.30. The first kappa shape index (κ1) is 22.6. The molecule has 1 unspecified atom stereocenters. The lowest BCUT2D eigenvalue weighted by molar-refractivity contribution is -0.159. The Kier molecular flexibility index (Phi) is 10.5. The molecule has 7 nitrogen and oxygen atoms in total. The van der Waals surface area contributed by atoms with Gasteiger partial charge in [-0.25, -0.2) is 9.59 Å². The smallest absolute Gasteiger partial charge is 0.414 e. The van der Waals surface area contributed by atoms with E-state index in [1.807, 2.05) is 11.8 Å². The fourth-order valence-corrected chi connectivity index (χ4v) is 4.03. The number of nitrogens with zero attached hydrogens (tertiary/aromatic N) is 3. The van der Waals surface area contributed by atoms with Crippen molar-refractivity contribution in [2.45, 2.75) is 57.0 Å². The van der Waals surface area contributed by atoms with Crippen LogP contribution in [0.15, 0.2) is 11.1 Å². The Morgan fingerprint density at radius 1 is 1.27 bits per heavy atom. The Morgan fingerprint density at radius 2 is 1.96 bits per heavy atom. The van der Waals surface area contributed by atoms with Crippen molar-refractivity contribution in [2.24, 2.45) is 0 Å². The van der Waals surface area contributed by atoms with Crippen LogP contribution in [0.2, 0.25) is 0 Å². The van der Waals surface area contributed by atoms with Gasteiger partial charge < -0.3 is 10.2 Å². The second-order valence-electron chi connectivity index (χ2n) is 6.17. The molecule has 0 saturated heterocycles. The first-order valence-electron chi connectivity index (χ1n) is 8.68. The van der Waals surface area contributed by atoms with Crippen LogP contribution in [0.1, 0.15) is 51.6 Å². The molecular weight excluding hydrogens is 374 g/mol. The normalized spacial score (nSPS) is 17.2. The zero-order valence-corrected chi connectivity index (χ0v) is 17.1. The number of rotatable bonds is 7. The summed E-state index contributed by atoms with van der Waals surface area (Å²) in [6.45, 7) is 5.52. The molecule has 1 aromatic heterocycles. The zero-order valence-electron chi connectivity index (χ0n) is 15.5. The molecule has 9 heteroatoms. The molecule has 0 spiro atoms. The van der Waals surface area contributed by atoms with Crippen molar-refractivity contribution in [3.05, 3.63) is 11.8 Å². The Hall–Kier alpha value is -1.45. The second kappa shape index (κ2) is 12.0. The van der Waals surface area contributed by atoms with E-state index >= 15 is 0 Å². The summed E-state index contributed by atoms with van der Waals surface area (Å²) in [5.74, 6) is -2.48. The van der Waals surface area contributed by atoms with Crippen LogP contribution in [0, 0.1) is 0 Å². The summed E-state index contributed by atoms with van der Waals surface area (Å²) >= 11 is 3.23. The summed E-state index contributed by atoms with van der Waals surface area (Å²) in [7, 11) is 2.19. The molecule has 0 bridgehead atoms. The van der Waals surface area contributed by atoms with Crippen molar-refractivity contribution in [1.82, 2.24) is 13.6 Å². The molecule has 0 saturated carbocycles. The molecule has 2 heterocycles. The summed E-state index contributed by atoms with van der Waals surface area (Å²) in [5, 5.41) is 15.9. The first-order valence-corrected chi connectivity index (χ1v) is 10.4. The van der Waals surface area contributed by atoms with E-state index < -0.39 is 11.9 Å². The quantitative estimate of drug-likeness (QED) is 0.407. The number of hydrogen-bond acceptors (Lipinski definition) is 7. The summed E-state index contributed by atoms with van der Waals surface area (Å²) in [6.07, 6.45) is 8.72. The van der Waals surface area contributed by atoms with E-state index in [9.17, 15) is 0 Å². The molecule has 0 fully saturated rings. The van der Waals surface area contributed by atoms with E-state index in [0.717, 1.165) is 29.4 Å². The average Bonchev–Trinajstić information content (AvgIpc) is 3.06. The van der Waals surface area contributed by atoms with Gasteiger partial charge in [0.15, 0.2) is 0 Å². The van der Waals surface area contributed by atoms with Gasteiger partial charge in [0.1, 0.15) is 10.7 Å². The summed E-state index contributed by atoms with van der Waals surface area (Å²) in [5.41, 5.74) is 2.49. The minimum absolute atomic E-state index is 0.635. The number of aromatic nitrogens is 2. The van der Waals surface area contributed by atoms with Crippen LogP contribution in [-0.4, -0.2) is 61.2 Å². The maximum absolute atomic E-state index is 9.10. The number of carboxylic acid groups (broad SMARTS) is 2. The minimum atomic E-state index is -1.82. The van der Waals surface area contributed by atoms with E-state index in [1.165, 1.54) is 43.0 Å². The van der Waals surface area contributed by atoms with Gasteiger partial charge in [-0.3, -0.25) is 4.90 Å². The highest BCUT2D eigenvalue weighted by Gasteiger charge is 2.21. The summed E-state index contributed by atoms with van der Waals surface area (Å²) in [4.78, 5) is 20.6. The molecule has 2 N–H and O–H groups in total. The van der Waals surface area contributed by atoms with Crippen LogP contribution in [0.5, 0.6) is 0 Å². The van der Waals surface area contributed by atoms with Gasteiger partial charge in [0.2, 0.25) is 0 Å². The monoisotopic (exact) mass is 401 g/mol. The van der Waals surface area contributed by atoms with Crippen LogP contribution in [0.3, 0.4) is 0 Å². The molecule has 1 aromatic rings. The first-order chi connectivity index (χ1) is 12.4. The lowest BCUT2D eigenvalue weighted by Crippen LogP contribution is -2.33. The number of unbranched alkanes of at least 4 members (excludes halogenated alkanes) is 3. The van der Waals surface area contributed by atoms with Gasteiger partial charge >= 0.3 is 11.9 Å². The molecule has 1 aliphatic rings. The van der Waals surface area contributed by atoms with Crippen molar-refractivity contribution in [3.63, 3.8) is 0 Å². The van der Waals surface area contributed by atoms with Crippen molar-refractivity contribution < 1.29 is 19.8 Å². The Bertz CT molecular complexity index is 607. The number of thioether (sulfide) groups is 1. The maximum atomic E-state index is 9.10. The third kappa shape index (κ3) is 7.84. The molecule has 0 aliphatic carbocycles. The van der Waals surface area contributed by atoms with Gasteiger partial charge in [0, 0.05) is 12.6 Å². The van der Waals surface area contributed by atoms with Crippen molar-refractivity contribution in [2.75, 3.05) is 19.3 Å². The van der Waals surface area contributed by atoms with Crippen molar-refractivity contribution in [3.8, 4) is 0 Å². The second-order valence-corrected chi connectivity index (χ2v) is 7.78. The molecule has 26 heavy (non-hydrogen) atoms. The third-order valence-electron chi connectivity index (χ3n) is 4.06.